The van der Waals surface area contributed by atoms with Crippen LogP contribution in [0.15, 0.2) is 30.5 Å². The topological polar surface area (TPSA) is 17.0 Å². The summed E-state index contributed by atoms with van der Waals surface area (Å²) < 4.78 is 2.13. The fourth-order valence-corrected chi connectivity index (χ4v) is 1.95. The maximum Gasteiger partial charge on any atom is 0.0835 e. The Balaban J connectivity index is 2.45. The summed E-state index contributed by atoms with van der Waals surface area (Å²) in [7, 11) is 0. The third kappa shape index (κ3) is 1.95. The van der Waals surface area contributed by atoms with Gasteiger partial charge in [0.1, 0.15) is 0 Å². The average Bonchev–Trinajstić information content (AvgIpc) is 2.66. The van der Waals surface area contributed by atoms with Crippen LogP contribution in [-0.2, 0) is 13.1 Å². The lowest BCUT2D eigenvalue weighted by atomic mass is 10.2. The molecule has 1 aromatic heterocycles. The van der Waals surface area contributed by atoms with Gasteiger partial charge < -0.3 is 9.88 Å². The van der Waals surface area contributed by atoms with Gasteiger partial charge in [-0.1, -0.05) is 31.0 Å². The molecule has 0 amide bonds. The first-order chi connectivity index (χ1) is 7.86. The van der Waals surface area contributed by atoms with E-state index in [-0.39, 0.29) is 0 Å². The highest BCUT2D eigenvalue weighted by molar-refractivity contribution is 5.84. The summed E-state index contributed by atoms with van der Waals surface area (Å²) in [6.45, 7) is 4.62. The van der Waals surface area contributed by atoms with Crippen molar-refractivity contribution in [3.05, 3.63) is 36.0 Å². The Kier molecular flexibility index (Phi) is 3.28. The van der Waals surface area contributed by atoms with Crippen molar-refractivity contribution in [1.29, 1.82) is 0 Å². The summed E-state index contributed by atoms with van der Waals surface area (Å²) >= 11 is 0. The van der Waals surface area contributed by atoms with E-state index in [1.807, 2.05) is 6.07 Å². The quantitative estimate of drug-likeness (QED) is 0.770. The monoisotopic (exact) mass is 212 g/mol. The number of terminal acetylenes is 1. The summed E-state index contributed by atoms with van der Waals surface area (Å²) in [5.74, 6) is 2.69. The van der Waals surface area contributed by atoms with E-state index >= 15 is 0 Å². The van der Waals surface area contributed by atoms with E-state index in [4.69, 9.17) is 6.42 Å². The third-order valence-electron chi connectivity index (χ3n) is 2.70. The van der Waals surface area contributed by atoms with E-state index in [0.717, 1.165) is 13.1 Å². The largest absolute Gasteiger partial charge is 0.336 e. The van der Waals surface area contributed by atoms with Gasteiger partial charge in [-0.15, -0.1) is 6.42 Å². The molecule has 0 saturated carbocycles. The van der Waals surface area contributed by atoms with Crippen molar-refractivity contribution in [2.45, 2.75) is 20.0 Å². The predicted molar refractivity (Wildman–Crippen MR) is 68.2 cm³/mol. The van der Waals surface area contributed by atoms with Crippen LogP contribution in [0.25, 0.3) is 10.9 Å². The highest BCUT2D eigenvalue weighted by Gasteiger charge is 2.06. The van der Waals surface area contributed by atoms with Gasteiger partial charge in [0.2, 0.25) is 0 Å². The minimum atomic E-state index is 0.632. The van der Waals surface area contributed by atoms with Gasteiger partial charge in [0.05, 0.1) is 6.54 Å². The number of nitrogens with zero attached hydrogens (tertiary/aromatic N) is 1. The molecular formula is C14H16N2. The van der Waals surface area contributed by atoms with Gasteiger partial charge in [-0.25, -0.2) is 0 Å². The molecule has 0 aliphatic rings. The minimum Gasteiger partial charge on any atom is -0.336 e. The van der Waals surface area contributed by atoms with E-state index in [9.17, 15) is 0 Å². The number of fused-ring (bicyclic) bond motifs is 1. The summed E-state index contributed by atoms with van der Waals surface area (Å²) in [6, 6.07) is 8.38. The van der Waals surface area contributed by atoms with Crippen LogP contribution in [0.1, 0.15) is 12.5 Å². The van der Waals surface area contributed by atoms with Crippen molar-refractivity contribution in [3.8, 4) is 12.3 Å². The molecule has 0 radical (unpaired) electrons. The lowest BCUT2D eigenvalue weighted by Crippen LogP contribution is -2.11. The van der Waals surface area contributed by atoms with E-state index < -0.39 is 0 Å². The lowest BCUT2D eigenvalue weighted by molar-refractivity contribution is 0.726. The predicted octanol–water partition coefficient (Wildman–Crippen LogP) is 2.38. The molecule has 0 aliphatic carbocycles. The zero-order valence-electron chi connectivity index (χ0n) is 9.53. The van der Waals surface area contributed by atoms with Crippen molar-refractivity contribution < 1.29 is 0 Å². The number of aromatic nitrogens is 1. The SMILES string of the molecule is C#CCn1cc(CNCC)c2ccccc21. The van der Waals surface area contributed by atoms with E-state index in [2.05, 4.69) is 47.1 Å². The Morgan fingerprint density at radius 1 is 1.38 bits per heavy atom. The van der Waals surface area contributed by atoms with Crippen molar-refractivity contribution in [2.24, 2.45) is 0 Å². The number of para-hydroxylation sites is 1. The first-order valence-electron chi connectivity index (χ1n) is 5.57. The van der Waals surface area contributed by atoms with Gasteiger partial charge in [-0.05, 0) is 18.2 Å². The number of rotatable bonds is 4. The molecule has 1 aromatic carbocycles. The molecule has 1 heterocycles. The Hall–Kier alpha value is -1.72. The molecule has 0 atom stereocenters. The smallest absolute Gasteiger partial charge is 0.0835 e. The second kappa shape index (κ2) is 4.87. The first-order valence-corrected chi connectivity index (χ1v) is 5.57. The molecule has 82 valence electrons. The van der Waals surface area contributed by atoms with Crippen molar-refractivity contribution in [3.63, 3.8) is 0 Å². The maximum absolute atomic E-state index is 5.37. The zero-order valence-corrected chi connectivity index (χ0v) is 9.53. The number of hydrogen-bond acceptors (Lipinski definition) is 1. The normalized spacial score (nSPS) is 10.5. The molecule has 2 rings (SSSR count). The Morgan fingerprint density at radius 2 is 2.19 bits per heavy atom. The number of benzene rings is 1. The molecule has 0 spiro atoms. The molecule has 2 nitrogen and oxygen atoms in total. The van der Waals surface area contributed by atoms with Crippen molar-refractivity contribution in [1.82, 2.24) is 9.88 Å². The molecule has 0 unspecified atom stereocenters. The average molecular weight is 212 g/mol. The van der Waals surface area contributed by atoms with Crippen LogP contribution in [0, 0.1) is 12.3 Å². The molecule has 0 fully saturated rings. The molecule has 1 N–H and O–H groups in total. The Bertz CT molecular complexity index is 517. The maximum atomic E-state index is 5.37. The highest BCUT2D eigenvalue weighted by atomic mass is 15.0. The summed E-state index contributed by atoms with van der Waals surface area (Å²) in [4.78, 5) is 0. The zero-order chi connectivity index (χ0) is 11.4. The lowest BCUT2D eigenvalue weighted by Gasteiger charge is -1.98. The van der Waals surface area contributed by atoms with Gasteiger partial charge in [0, 0.05) is 23.6 Å². The standard InChI is InChI=1S/C14H16N2/c1-3-9-16-11-12(10-15-4-2)13-7-5-6-8-14(13)16/h1,5-8,11,15H,4,9-10H2,2H3. The van der Waals surface area contributed by atoms with Gasteiger partial charge in [-0.3, -0.25) is 0 Å². The molecule has 0 aliphatic heterocycles. The van der Waals surface area contributed by atoms with E-state index in [1.165, 1.54) is 16.5 Å². The van der Waals surface area contributed by atoms with E-state index in [1.54, 1.807) is 0 Å². The molecular weight excluding hydrogens is 196 g/mol. The molecule has 2 aromatic rings. The molecule has 0 saturated heterocycles. The van der Waals surface area contributed by atoms with Crippen molar-refractivity contribution in [2.75, 3.05) is 6.54 Å². The number of hydrogen-bond donors (Lipinski definition) is 1. The second-order valence-corrected chi connectivity index (χ2v) is 3.78. The van der Waals surface area contributed by atoms with Gasteiger partial charge >= 0.3 is 0 Å². The highest BCUT2D eigenvalue weighted by Crippen LogP contribution is 2.20. The van der Waals surface area contributed by atoms with Gasteiger partial charge in [0.25, 0.3) is 0 Å². The third-order valence-corrected chi connectivity index (χ3v) is 2.70. The Labute approximate surface area is 96.3 Å². The fourth-order valence-electron chi connectivity index (χ4n) is 1.95. The van der Waals surface area contributed by atoms with Gasteiger partial charge in [0.15, 0.2) is 0 Å². The van der Waals surface area contributed by atoms with Gasteiger partial charge in [-0.2, -0.15) is 0 Å². The summed E-state index contributed by atoms with van der Waals surface area (Å²) in [5.41, 5.74) is 2.53. The van der Waals surface area contributed by atoms with Crippen LogP contribution < -0.4 is 5.32 Å². The van der Waals surface area contributed by atoms with E-state index in [0.29, 0.717) is 6.54 Å². The minimum absolute atomic E-state index is 0.632. The fraction of sp³-hybridized carbons (Fsp3) is 0.286. The summed E-state index contributed by atoms with van der Waals surface area (Å²) in [6.07, 6.45) is 7.52. The number of nitrogens with one attached hydrogen (secondary N) is 1. The van der Waals surface area contributed by atoms with Crippen LogP contribution in [0.4, 0.5) is 0 Å². The molecule has 0 bridgehead atoms. The molecule has 2 heteroatoms. The Morgan fingerprint density at radius 3 is 2.94 bits per heavy atom. The van der Waals surface area contributed by atoms with Crippen LogP contribution in [0.2, 0.25) is 0 Å². The molecule has 16 heavy (non-hydrogen) atoms. The second-order valence-electron chi connectivity index (χ2n) is 3.78. The van der Waals surface area contributed by atoms with Crippen LogP contribution in [0.3, 0.4) is 0 Å². The van der Waals surface area contributed by atoms with Crippen molar-refractivity contribution >= 4 is 10.9 Å². The summed E-state index contributed by atoms with van der Waals surface area (Å²) in [5, 5.41) is 4.64. The van der Waals surface area contributed by atoms with Crippen LogP contribution in [0.5, 0.6) is 0 Å². The van der Waals surface area contributed by atoms with Crippen LogP contribution >= 0.6 is 0 Å². The first kappa shape index (κ1) is 10.8. The van der Waals surface area contributed by atoms with Crippen LogP contribution in [-0.4, -0.2) is 11.1 Å².